The van der Waals surface area contributed by atoms with Crippen molar-refractivity contribution in [3.05, 3.63) is 105 Å². The fraction of sp³-hybridized carbons (Fsp3) is 0.300. The van der Waals surface area contributed by atoms with Gasteiger partial charge in [-0.05, 0) is 59.5 Å². The molecule has 210 valence electrons. The van der Waals surface area contributed by atoms with Crippen molar-refractivity contribution < 1.29 is 28.6 Å². The second kappa shape index (κ2) is 13.3. The highest BCUT2D eigenvalue weighted by molar-refractivity contribution is 6.30. The SMILES string of the molecule is CCC[C@H](C(=O)NCC(=O)O)N1C(=O)[C@H](Cc2ccc(F)cc2)OC(c2ccc(Cl)cc2)C1c1ccc(Cl)cc1. The minimum Gasteiger partial charge on any atom is -0.480 e. The molecule has 10 heteroatoms. The lowest BCUT2D eigenvalue weighted by Gasteiger charge is -2.47. The van der Waals surface area contributed by atoms with Gasteiger partial charge < -0.3 is 20.1 Å². The van der Waals surface area contributed by atoms with Crippen molar-refractivity contribution in [2.45, 2.75) is 50.5 Å². The highest BCUT2D eigenvalue weighted by atomic mass is 35.5. The van der Waals surface area contributed by atoms with E-state index in [9.17, 15) is 18.8 Å². The number of morpholine rings is 1. The van der Waals surface area contributed by atoms with Crippen molar-refractivity contribution in [3.8, 4) is 0 Å². The number of carboxylic acids is 1. The quantitative estimate of drug-likeness (QED) is 0.315. The largest absolute Gasteiger partial charge is 0.480 e. The van der Waals surface area contributed by atoms with E-state index in [1.165, 1.54) is 17.0 Å². The van der Waals surface area contributed by atoms with Crippen LogP contribution in [-0.2, 0) is 25.5 Å². The molecule has 40 heavy (non-hydrogen) atoms. The summed E-state index contributed by atoms with van der Waals surface area (Å²) in [5.41, 5.74) is 2.10. The first-order valence-corrected chi connectivity index (χ1v) is 13.7. The van der Waals surface area contributed by atoms with Gasteiger partial charge in [0.15, 0.2) is 0 Å². The monoisotopic (exact) mass is 586 g/mol. The second-order valence-electron chi connectivity index (χ2n) is 9.59. The Morgan fingerprint density at radius 2 is 1.55 bits per heavy atom. The number of halogens is 3. The molecule has 4 atom stereocenters. The maximum Gasteiger partial charge on any atom is 0.322 e. The first-order valence-electron chi connectivity index (χ1n) is 12.9. The molecule has 0 aliphatic carbocycles. The van der Waals surface area contributed by atoms with Crippen molar-refractivity contribution in [1.29, 1.82) is 0 Å². The lowest BCUT2D eigenvalue weighted by atomic mass is 9.88. The van der Waals surface area contributed by atoms with Crippen LogP contribution in [0, 0.1) is 5.82 Å². The van der Waals surface area contributed by atoms with Crippen molar-refractivity contribution >= 4 is 41.0 Å². The Kier molecular flexibility index (Phi) is 9.79. The first kappa shape index (κ1) is 29.5. The Morgan fingerprint density at radius 1 is 0.975 bits per heavy atom. The number of aliphatic carboxylic acids is 1. The van der Waals surface area contributed by atoms with E-state index >= 15 is 0 Å². The molecule has 1 heterocycles. The number of rotatable bonds is 10. The number of ether oxygens (including phenoxy) is 1. The Morgan fingerprint density at radius 3 is 2.10 bits per heavy atom. The van der Waals surface area contributed by atoms with Gasteiger partial charge in [0.05, 0.1) is 6.04 Å². The van der Waals surface area contributed by atoms with Gasteiger partial charge in [-0.1, -0.05) is 72.9 Å². The number of carbonyl (C=O) groups is 3. The molecule has 4 rings (SSSR count). The molecule has 0 bridgehead atoms. The molecule has 7 nitrogen and oxygen atoms in total. The van der Waals surface area contributed by atoms with Crippen LogP contribution < -0.4 is 5.32 Å². The van der Waals surface area contributed by atoms with Crippen LogP contribution >= 0.6 is 23.2 Å². The Bertz CT molecular complexity index is 1340. The molecule has 1 saturated heterocycles. The van der Waals surface area contributed by atoms with Crippen LogP contribution in [0.2, 0.25) is 10.0 Å². The maximum atomic E-state index is 14.2. The lowest BCUT2D eigenvalue weighted by molar-refractivity contribution is -0.181. The number of carboxylic acid groups (broad SMARTS) is 1. The van der Waals surface area contributed by atoms with E-state index in [-0.39, 0.29) is 12.8 Å². The van der Waals surface area contributed by atoms with Crippen LogP contribution in [0.5, 0.6) is 0 Å². The molecule has 0 saturated carbocycles. The van der Waals surface area contributed by atoms with Crippen LogP contribution in [0.4, 0.5) is 4.39 Å². The predicted molar refractivity (Wildman–Crippen MR) is 150 cm³/mol. The van der Waals surface area contributed by atoms with Crippen molar-refractivity contribution in [2.75, 3.05) is 6.54 Å². The van der Waals surface area contributed by atoms with Crippen molar-refractivity contribution in [1.82, 2.24) is 10.2 Å². The number of nitrogens with one attached hydrogen (secondary N) is 1. The normalized spacial score (nSPS) is 19.8. The van der Waals surface area contributed by atoms with E-state index in [1.54, 1.807) is 60.7 Å². The molecule has 0 spiro atoms. The summed E-state index contributed by atoms with van der Waals surface area (Å²) in [6.07, 6.45) is -0.729. The molecule has 2 unspecified atom stereocenters. The van der Waals surface area contributed by atoms with Crippen LogP contribution in [0.25, 0.3) is 0 Å². The molecule has 2 amide bonds. The van der Waals surface area contributed by atoms with Crippen molar-refractivity contribution in [3.63, 3.8) is 0 Å². The Balaban J connectivity index is 1.84. The minimum atomic E-state index is -1.20. The van der Waals surface area contributed by atoms with Gasteiger partial charge in [-0.25, -0.2) is 4.39 Å². The molecule has 2 N–H and O–H groups in total. The van der Waals surface area contributed by atoms with Gasteiger partial charge in [-0.15, -0.1) is 0 Å². The summed E-state index contributed by atoms with van der Waals surface area (Å²) >= 11 is 12.3. The van der Waals surface area contributed by atoms with Crippen LogP contribution in [-0.4, -0.2) is 46.5 Å². The topological polar surface area (TPSA) is 95.9 Å². The summed E-state index contributed by atoms with van der Waals surface area (Å²) < 4.78 is 20.1. The average molecular weight is 587 g/mol. The molecule has 1 aliphatic rings. The summed E-state index contributed by atoms with van der Waals surface area (Å²) in [7, 11) is 0. The second-order valence-corrected chi connectivity index (χ2v) is 10.5. The molecule has 3 aromatic carbocycles. The zero-order valence-electron chi connectivity index (χ0n) is 21.7. The molecule has 1 aliphatic heterocycles. The smallest absolute Gasteiger partial charge is 0.322 e. The number of amides is 2. The van der Waals surface area contributed by atoms with E-state index in [4.69, 9.17) is 33.0 Å². The van der Waals surface area contributed by atoms with Crippen molar-refractivity contribution in [2.24, 2.45) is 0 Å². The number of hydrogen-bond acceptors (Lipinski definition) is 4. The van der Waals surface area contributed by atoms with E-state index in [2.05, 4.69) is 5.32 Å². The van der Waals surface area contributed by atoms with Gasteiger partial charge >= 0.3 is 5.97 Å². The highest BCUT2D eigenvalue weighted by Gasteiger charge is 2.48. The van der Waals surface area contributed by atoms with Gasteiger partial charge in [-0.2, -0.15) is 0 Å². The fourth-order valence-corrected chi connectivity index (χ4v) is 5.19. The fourth-order valence-electron chi connectivity index (χ4n) is 4.94. The molecular formula is C30H29Cl2FN2O5. The van der Waals surface area contributed by atoms with E-state index in [1.807, 2.05) is 6.92 Å². The van der Waals surface area contributed by atoms with Gasteiger partial charge in [0.1, 0.15) is 30.6 Å². The molecular weight excluding hydrogens is 558 g/mol. The van der Waals surface area contributed by atoms with Crippen LogP contribution in [0.1, 0.15) is 48.6 Å². The average Bonchev–Trinajstić information content (AvgIpc) is 2.93. The number of nitrogens with zero attached hydrogens (tertiary/aromatic N) is 1. The standard InChI is InChI=1S/C30H29Cl2FN2O5/c1-2-3-24(29(38)34-17-26(36)37)35-27(19-6-10-21(31)11-7-19)28(20-8-12-22(32)13-9-20)40-25(30(35)39)16-18-4-14-23(33)15-5-18/h4-15,24-25,27-28H,2-3,16-17H2,1H3,(H,34,38)(H,36,37)/t24-,25+,27?,28?/m1/s1. The van der Waals surface area contributed by atoms with E-state index in [0.29, 0.717) is 27.6 Å². The Labute approximate surface area is 241 Å². The third-order valence-electron chi connectivity index (χ3n) is 6.79. The zero-order valence-corrected chi connectivity index (χ0v) is 23.2. The number of benzene rings is 3. The number of carbonyl (C=O) groups excluding carboxylic acids is 2. The summed E-state index contributed by atoms with van der Waals surface area (Å²) in [4.78, 5) is 40.4. The van der Waals surface area contributed by atoms with Gasteiger partial charge in [0.2, 0.25) is 5.91 Å². The lowest BCUT2D eigenvalue weighted by Crippen LogP contribution is -2.59. The van der Waals surface area contributed by atoms with Gasteiger partial charge in [-0.3, -0.25) is 14.4 Å². The summed E-state index contributed by atoms with van der Waals surface area (Å²) in [5, 5.41) is 12.6. The van der Waals surface area contributed by atoms with E-state index < -0.39 is 54.4 Å². The first-order chi connectivity index (χ1) is 19.2. The zero-order chi connectivity index (χ0) is 28.8. The number of hydrogen-bond donors (Lipinski definition) is 2. The summed E-state index contributed by atoms with van der Waals surface area (Å²) in [6.45, 7) is 1.30. The van der Waals surface area contributed by atoms with Crippen LogP contribution in [0.15, 0.2) is 72.8 Å². The Hall–Kier alpha value is -3.46. The predicted octanol–water partition coefficient (Wildman–Crippen LogP) is 5.75. The summed E-state index contributed by atoms with van der Waals surface area (Å²) in [6, 6.07) is 18.1. The van der Waals surface area contributed by atoms with Gasteiger partial charge in [0.25, 0.3) is 5.91 Å². The molecule has 3 aromatic rings. The highest BCUT2D eigenvalue weighted by Crippen LogP contribution is 2.44. The molecule has 1 fully saturated rings. The van der Waals surface area contributed by atoms with Gasteiger partial charge in [0, 0.05) is 16.5 Å². The molecule has 0 radical (unpaired) electrons. The minimum absolute atomic E-state index is 0.141. The van der Waals surface area contributed by atoms with Crippen LogP contribution in [0.3, 0.4) is 0 Å². The third kappa shape index (κ3) is 6.99. The molecule has 0 aromatic heterocycles. The maximum absolute atomic E-state index is 14.2. The summed E-state index contributed by atoms with van der Waals surface area (Å²) in [5.74, 6) is -2.60. The third-order valence-corrected chi connectivity index (χ3v) is 7.29. The van der Waals surface area contributed by atoms with E-state index in [0.717, 1.165) is 5.56 Å².